The van der Waals surface area contributed by atoms with Crippen LogP contribution in [0.5, 0.6) is 0 Å². The fraction of sp³-hybridized carbons (Fsp3) is 0.667. The number of ketones is 2. The van der Waals surface area contributed by atoms with Crippen LogP contribution in [0.3, 0.4) is 0 Å². The number of rotatable bonds is 4. The van der Waals surface area contributed by atoms with Gasteiger partial charge in [0.1, 0.15) is 0 Å². The fourth-order valence-corrected chi connectivity index (χ4v) is 1.60. The summed E-state index contributed by atoms with van der Waals surface area (Å²) in [6.45, 7) is 14.6. The van der Waals surface area contributed by atoms with Crippen molar-refractivity contribution in [3.05, 3.63) is 23.7 Å². The van der Waals surface area contributed by atoms with Crippen LogP contribution in [0.1, 0.15) is 68.2 Å². The van der Waals surface area contributed by atoms with Crippen LogP contribution < -0.4 is 10.2 Å². The van der Waals surface area contributed by atoms with Crippen molar-refractivity contribution < 1.29 is 19.8 Å². The Labute approximate surface area is 157 Å². The first kappa shape index (κ1) is 27.1. The van der Waals surface area contributed by atoms with Crippen LogP contribution in [0.4, 0.5) is 0 Å². The third kappa shape index (κ3) is 26.4. The van der Waals surface area contributed by atoms with Gasteiger partial charge in [-0.3, -0.25) is 9.59 Å². The van der Waals surface area contributed by atoms with Crippen LogP contribution in [0.15, 0.2) is 23.7 Å². The maximum atomic E-state index is 11.0. The average Bonchev–Trinajstić information content (AvgIpc) is 2.07. The predicted octanol–water partition coefficient (Wildman–Crippen LogP) is 2.13. The third-order valence-electron chi connectivity index (χ3n) is 2.14. The summed E-state index contributed by atoms with van der Waals surface area (Å²) in [7, 11) is 0. The quantitative estimate of drug-likeness (QED) is 0.448. The fourth-order valence-electron chi connectivity index (χ4n) is 1.60. The molecule has 0 aliphatic heterocycles. The van der Waals surface area contributed by atoms with Gasteiger partial charge in [0.2, 0.25) is 0 Å². The summed E-state index contributed by atoms with van der Waals surface area (Å²) in [6.07, 6.45) is 3.19. The minimum atomic E-state index is -0.167. The molecule has 0 aromatic carbocycles. The Hall–Kier alpha value is -0.814. The summed E-state index contributed by atoms with van der Waals surface area (Å²) in [6, 6.07) is 0. The number of hydrogen-bond acceptors (Lipinski definition) is 4. The van der Waals surface area contributed by atoms with E-state index in [4.69, 9.17) is 0 Å². The molecule has 4 nitrogen and oxygen atoms in total. The summed E-state index contributed by atoms with van der Waals surface area (Å²) in [4.78, 5) is 22.0. The van der Waals surface area contributed by atoms with Crippen LogP contribution in [-0.2, 0) is 9.59 Å². The predicted molar refractivity (Wildman–Crippen MR) is 91.4 cm³/mol. The van der Waals surface area contributed by atoms with Crippen LogP contribution in [0.2, 0.25) is 0 Å². The van der Waals surface area contributed by atoms with Crippen molar-refractivity contribution in [2.45, 2.75) is 68.2 Å². The van der Waals surface area contributed by atoms with E-state index in [0.29, 0.717) is 12.8 Å². The molecule has 0 rings (SSSR count). The Kier molecular flexibility index (Phi) is 13.7. The van der Waals surface area contributed by atoms with E-state index in [2.05, 4.69) is 0 Å². The van der Waals surface area contributed by atoms with Gasteiger partial charge in [0.15, 0.2) is 11.6 Å². The Bertz CT molecular complexity index is 385. The zero-order valence-electron chi connectivity index (χ0n) is 15.9. The van der Waals surface area contributed by atoms with Crippen molar-refractivity contribution in [3.8, 4) is 0 Å². The molecule has 128 valence electrons. The Morgan fingerprint density at radius 1 is 0.739 bits per heavy atom. The second-order valence-electron chi connectivity index (χ2n) is 7.92. The normalized spacial score (nSPS) is 12.7. The number of carbonyl (C=O) groups excluding carboxylic acids is 2. The molecule has 0 unspecified atom stereocenters. The van der Waals surface area contributed by atoms with Crippen molar-refractivity contribution in [2.24, 2.45) is 10.8 Å². The molecule has 0 radical (unpaired) electrons. The van der Waals surface area contributed by atoms with E-state index in [1.165, 1.54) is 13.8 Å². The second kappa shape index (κ2) is 11.7. The van der Waals surface area contributed by atoms with Gasteiger partial charge in [-0.25, -0.2) is 0 Å². The first-order chi connectivity index (χ1) is 9.62. The van der Waals surface area contributed by atoms with Gasteiger partial charge in [0.25, 0.3) is 0 Å². The largest absolute Gasteiger partial charge is 2.00 e. The maximum absolute atomic E-state index is 11.0. The Balaban J connectivity index is -0.000000333. The van der Waals surface area contributed by atoms with Crippen LogP contribution in [-0.4, -0.2) is 34.6 Å². The van der Waals surface area contributed by atoms with Crippen molar-refractivity contribution in [1.29, 1.82) is 0 Å². The molecule has 0 spiro atoms. The molecule has 0 atom stereocenters. The molecule has 0 bridgehead atoms. The van der Waals surface area contributed by atoms with E-state index >= 15 is 0 Å². The molecular formula is C18H30MgO4. The van der Waals surface area contributed by atoms with Crippen LogP contribution in [0, 0.1) is 10.8 Å². The van der Waals surface area contributed by atoms with Crippen LogP contribution >= 0.6 is 0 Å². The summed E-state index contributed by atoms with van der Waals surface area (Å²) < 4.78 is 0. The molecule has 0 heterocycles. The number of carbonyl (C=O) groups is 2. The first-order valence-electron chi connectivity index (χ1n) is 7.39. The van der Waals surface area contributed by atoms with Gasteiger partial charge in [0.05, 0.1) is 0 Å². The molecule has 23 heavy (non-hydrogen) atoms. The Morgan fingerprint density at radius 3 is 1.09 bits per heavy atom. The summed E-state index contributed by atoms with van der Waals surface area (Å²) in [5.41, 5.74) is -0.0495. The van der Waals surface area contributed by atoms with Crippen LogP contribution in [0.25, 0.3) is 0 Å². The molecular weight excluding hydrogens is 304 g/mol. The van der Waals surface area contributed by atoms with E-state index in [-0.39, 0.29) is 57.0 Å². The standard InChI is InChI=1S/2C9H16O2.Mg/c2*1-7(10)5-8(11)6-9(2,3)4;/h2*5,10H,6H2,1-4H3;/q;;+2/p-2/b2*7-5-;. The minimum Gasteiger partial charge on any atom is -0.876 e. The van der Waals surface area contributed by atoms with Crippen molar-refractivity contribution in [3.63, 3.8) is 0 Å². The van der Waals surface area contributed by atoms with Crippen molar-refractivity contribution in [1.82, 2.24) is 0 Å². The van der Waals surface area contributed by atoms with Gasteiger partial charge in [-0.2, -0.15) is 0 Å². The molecule has 0 saturated carbocycles. The molecule has 0 fully saturated rings. The monoisotopic (exact) mass is 334 g/mol. The SMILES string of the molecule is C/C([O-])=C/C(=O)CC(C)(C)C.C/C([O-])=C/C(=O)CC(C)(C)C.[Mg+2]. The van der Waals surface area contributed by atoms with E-state index < -0.39 is 0 Å². The zero-order chi connectivity index (χ0) is 18.1. The zero-order valence-corrected chi connectivity index (χ0v) is 17.3. The molecule has 0 aromatic rings. The van der Waals surface area contributed by atoms with Gasteiger partial charge in [-0.15, -0.1) is 11.5 Å². The Morgan fingerprint density at radius 2 is 0.957 bits per heavy atom. The molecule has 0 aliphatic rings. The van der Waals surface area contributed by atoms with Gasteiger partial charge in [-0.05, 0) is 23.0 Å². The summed E-state index contributed by atoms with van der Waals surface area (Å²) in [5.74, 6) is -0.492. The molecule has 0 amide bonds. The second-order valence-corrected chi connectivity index (χ2v) is 7.92. The molecule has 0 saturated heterocycles. The smallest absolute Gasteiger partial charge is 0.876 e. The van der Waals surface area contributed by atoms with Gasteiger partial charge >= 0.3 is 23.1 Å². The number of allylic oxidation sites excluding steroid dienone is 4. The summed E-state index contributed by atoms with van der Waals surface area (Å²) >= 11 is 0. The van der Waals surface area contributed by atoms with Gasteiger partial charge < -0.3 is 10.2 Å². The van der Waals surface area contributed by atoms with E-state index in [1.807, 2.05) is 41.5 Å². The van der Waals surface area contributed by atoms with E-state index in [9.17, 15) is 19.8 Å². The van der Waals surface area contributed by atoms with Gasteiger partial charge in [0, 0.05) is 12.8 Å². The maximum Gasteiger partial charge on any atom is 2.00 e. The van der Waals surface area contributed by atoms with E-state index in [1.54, 1.807) is 0 Å². The number of hydrogen-bond donors (Lipinski definition) is 0. The van der Waals surface area contributed by atoms with E-state index in [0.717, 1.165) is 12.2 Å². The average molecular weight is 335 g/mol. The molecule has 5 heteroatoms. The van der Waals surface area contributed by atoms with Gasteiger partial charge in [-0.1, -0.05) is 55.4 Å². The summed E-state index contributed by atoms with van der Waals surface area (Å²) in [5, 5.41) is 20.9. The van der Waals surface area contributed by atoms with Crippen molar-refractivity contribution >= 4 is 34.6 Å². The van der Waals surface area contributed by atoms with Crippen molar-refractivity contribution in [2.75, 3.05) is 0 Å². The third-order valence-corrected chi connectivity index (χ3v) is 2.14. The first-order valence-corrected chi connectivity index (χ1v) is 7.39. The topological polar surface area (TPSA) is 80.3 Å². The molecule has 0 N–H and O–H groups in total. The minimum absolute atomic E-state index is 0. The molecule has 0 aromatic heterocycles. The molecule has 0 aliphatic carbocycles.